The summed E-state index contributed by atoms with van der Waals surface area (Å²) in [7, 11) is -3.65. The van der Waals surface area contributed by atoms with Crippen LogP contribution in [0.25, 0.3) is 22.1 Å². The molecule has 30 heavy (non-hydrogen) atoms. The van der Waals surface area contributed by atoms with Gasteiger partial charge in [0.1, 0.15) is 16.2 Å². The predicted octanol–water partition coefficient (Wildman–Crippen LogP) is 3.57. The van der Waals surface area contributed by atoms with Crippen molar-refractivity contribution in [2.24, 2.45) is 0 Å². The van der Waals surface area contributed by atoms with Gasteiger partial charge in [0.2, 0.25) is 10.0 Å². The maximum atomic E-state index is 13.5. The number of hydrogen-bond donors (Lipinski definition) is 0. The van der Waals surface area contributed by atoms with Crippen molar-refractivity contribution in [1.82, 2.24) is 23.8 Å². The number of imidazole rings is 1. The molecule has 1 aromatic carbocycles. The van der Waals surface area contributed by atoms with Gasteiger partial charge in [0, 0.05) is 37.3 Å². The molecule has 0 radical (unpaired) electrons. The van der Waals surface area contributed by atoms with Gasteiger partial charge in [0.15, 0.2) is 5.65 Å². The van der Waals surface area contributed by atoms with E-state index in [0.717, 1.165) is 41.6 Å². The molecule has 1 aliphatic heterocycles. The minimum absolute atomic E-state index is 0.0177. The van der Waals surface area contributed by atoms with Crippen LogP contribution in [-0.4, -0.2) is 45.3 Å². The van der Waals surface area contributed by atoms with Crippen molar-refractivity contribution in [1.29, 1.82) is 0 Å². The normalized spacial score (nSPS) is 17.8. The van der Waals surface area contributed by atoms with Crippen LogP contribution >= 0.6 is 0 Å². The zero-order valence-electron chi connectivity index (χ0n) is 16.8. The van der Waals surface area contributed by atoms with Crippen molar-refractivity contribution < 1.29 is 8.42 Å². The maximum Gasteiger partial charge on any atom is 0.245 e. The van der Waals surface area contributed by atoms with Crippen molar-refractivity contribution >= 4 is 32.1 Å². The van der Waals surface area contributed by atoms with Crippen LogP contribution in [0, 0.1) is 0 Å². The molecule has 7 nitrogen and oxygen atoms in total. The van der Waals surface area contributed by atoms with E-state index in [1.807, 2.05) is 30.3 Å². The molecule has 1 atom stereocenters. The topological polar surface area (TPSA) is 81.0 Å². The van der Waals surface area contributed by atoms with Crippen molar-refractivity contribution in [2.45, 2.75) is 37.1 Å². The molecule has 4 aromatic rings. The number of rotatable bonds is 5. The first-order valence-corrected chi connectivity index (χ1v) is 11.7. The number of aryl methyl sites for hydroxylation is 1. The van der Waals surface area contributed by atoms with Gasteiger partial charge in [-0.25, -0.2) is 18.4 Å². The molecule has 0 aliphatic carbocycles. The second kappa shape index (κ2) is 7.45. The van der Waals surface area contributed by atoms with Gasteiger partial charge >= 0.3 is 0 Å². The molecule has 0 unspecified atom stereocenters. The lowest BCUT2D eigenvalue weighted by Gasteiger charge is -2.19. The van der Waals surface area contributed by atoms with E-state index in [-0.39, 0.29) is 10.9 Å². The third-order valence-corrected chi connectivity index (χ3v) is 7.60. The second-order valence-electron chi connectivity index (χ2n) is 7.63. The fraction of sp³-hybridized carbons (Fsp3) is 0.318. The van der Waals surface area contributed by atoms with Crippen molar-refractivity contribution in [3.63, 3.8) is 0 Å². The lowest BCUT2D eigenvalue weighted by atomic mass is 10.2. The van der Waals surface area contributed by atoms with Crippen LogP contribution in [0.5, 0.6) is 0 Å². The Hall–Kier alpha value is -2.84. The summed E-state index contributed by atoms with van der Waals surface area (Å²) < 4.78 is 30.7. The molecule has 1 fully saturated rings. The number of fused-ring (bicyclic) bond motifs is 2. The summed E-state index contributed by atoms with van der Waals surface area (Å²) >= 11 is 0. The molecule has 0 spiro atoms. The van der Waals surface area contributed by atoms with Crippen molar-refractivity contribution in [3.8, 4) is 0 Å². The summed E-state index contributed by atoms with van der Waals surface area (Å²) in [6, 6.07) is 12.9. The maximum absolute atomic E-state index is 13.5. The lowest BCUT2D eigenvalue weighted by Crippen LogP contribution is -2.29. The summed E-state index contributed by atoms with van der Waals surface area (Å²) in [6.07, 6.45) is 5.94. The number of aromatic nitrogens is 4. The fourth-order valence-corrected chi connectivity index (χ4v) is 5.98. The molecule has 0 amide bonds. The van der Waals surface area contributed by atoms with Crippen molar-refractivity contribution in [2.75, 3.05) is 13.1 Å². The largest absolute Gasteiger partial charge is 0.308 e. The molecule has 4 heterocycles. The van der Waals surface area contributed by atoms with Crippen LogP contribution in [0.2, 0.25) is 0 Å². The first-order valence-electron chi connectivity index (χ1n) is 10.3. The number of sulfonamides is 1. The van der Waals surface area contributed by atoms with E-state index >= 15 is 0 Å². The monoisotopic (exact) mass is 421 g/mol. The fourth-order valence-electron chi connectivity index (χ4n) is 4.32. The van der Waals surface area contributed by atoms with Crippen LogP contribution < -0.4 is 0 Å². The number of para-hydroxylation sites is 1. The Labute approximate surface area is 175 Å². The van der Waals surface area contributed by atoms with E-state index in [2.05, 4.69) is 21.5 Å². The van der Waals surface area contributed by atoms with Gasteiger partial charge in [-0.1, -0.05) is 25.1 Å². The third-order valence-electron chi connectivity index (χ3n) is 5.70. The van der Waals surface area contributed by atoms with E-state index < -0.39 is 10.0 Å². The molecular weight excluding hydrogens is 398 g/mol. The Bertz CT molecular complexity index is 1330. The highest BCUT2D eigenvalue weighted by Gasteiger charge is 2.36. The number of pyridine rings is 2. The molecule has 0 saturated carbocycles. The molecule has 154 valence electrons. The number of nitrogens with zero attached hydrogens (tertiary/aromatic N) is 5. The average Bonchev–Trinajstić information content (AvgIpc) is 3.38. The molecule has 0 bridgehead atoms. The lowest BCUT2D eigenvalue weighted by molar-refractivity contribution is 0.449. The van der Waals surface area contributed by atoms with E-state index in [0.29, 0.717) is 18.6 Å². The van der Waals surface area contributed by atoms with Gasteiger partial charge in [-0.3, -0.25) is 4.98 Å². The van der Waals surface area contributed by atoms with Crippen LogP contribution in [-0.2, 0) is 16.4 Å². The Morgan fingerprint density at radius 2 is 1.87 bits per heavy atom. The van der Waals surface area contributed by atoms with E-state index in [1.165, 1.54) is 0 Å². The summed E-state index contributed by atoms with van der Waals surface area (Å²) in [6.45, 7) is 2.99. The minimum Gasteiger partial charge on any atom is -0.308 e. The third kappa shape index (κ3) is 3.07. The average molecular weight is 422 g/mol. The molecule has 8 heteroatoms. The Kier molecular flexibility index (Phi) is 4.75. The zero-order chi connectivity index (χ0) is 20.7. The molecule has 3 aromatic heterocycles. The number of benzene rings is 1. The van der Waals surface area contributed by atoms with Crippen LogP contribution in [0.3, 0.4) is 0 Å². The van der Waals surface area contributed by atoms with Gasteiger partial charge in [-0.05, 0) is 37.1 Å². The summed E-state index contributed by atoms with van der Waals surface area (Å²) in [4.78, 5) is 13.9. The Morgan fingerprint density at radius 1 is 1.07 bits per heavy atom. The second-order valence-corrected chi connectivity index (χ2v) is 9.54. The van der Waals surface area contributed by atoms with Gasteiger partial charge in [-0.2, -0.15) is 4.31 Å². The van der Waals surface area contributed by atoms with Crippen LogP contribution in [0.15, 0.2) is 59.8 Å². The standard InChI is InChI=1S/C22H23N5O2S/c1-2-6-20-25-18-9-5-13-24-22(18)27(20)17-11-14-26(15-17)30(28,29)19-10-3-7-16-8-4-12-23-21(16)19/h3-5,7-10,12-13,17H,2,6,11,14-15H2,1H3/t17-/m0/s1. The first kappa shape index (κ1) is 19.1. The van der Waals surface area contributed by atoms with Gasteiger partial charge < -0.3 is 4.57 Å². The highest BCUT2D eigenvalue weighted by atomic mass is 32.2. The predicted molar refractivity (Wildman–Crippen MR) is 116 cm³/mol. The highest BCUT2D eigenvalue weighted by molar-refractivity contribution is 7.89. The molecule has 0 N–H and O–H groups in total. The highest BCUT2D eigenvalue weighted by Crippen LogP contribution is 2.32. The van der Waals surface area contributed by atoms with Gasteiger partial charge in [-0.15, -0.1) is 0 Å². The molecule has 5 rings (SSSR count). The smallest absolute Gasteiger partial charge is 0.245 e. The summed E-state index contributed by atoms with van der Waals surface area (Å²) in [5.74, 6) is 0.974. The van der Waals surface area contributed by atoms with Crippen LogP contribution in [0.1, 0.15) is 31.6 Å². The Balaban J connectivity index is 1.52. The van der Waals surface area contributed by atoms with Crippen molar-refractivity contribution in [3.05, 3.63) is 60.7 Å². The first-order chi connectivity index (χ1) is 14.6. The minimum atomic E-state index is -3.65. The van der Waals surface area contributed by atoms with E-state index in [1.54, 1.807) is 28.8 Å². The van der Waals surface area contributed by atoms with Crippen LogP contribution in [0.4, 0.5) is 0 Å². The zero-order valence-corrected chi connectivity index (χ0v) is 17.6. The molecular formula is C22H23N5O2S. The van der Waals surface area contributed by atoms with E-state index in [4.69, 9.17) is 4.98 Å². The Morgan fingerprint density at radius 3 is 2.73 bits per heavy atom. The summed E-state index contributed by atoms with van der Waals surface area (Å²) in [5.41, 5.74) is 2.21. The van der Waals surface area contributed by atoms with Gasteiger partial charge in [0.05, 0.1) is 11.6 Å². The number of hydrogen-bond acceptors (Lipinski definition) is 5. The SMILES string of the molecule is CCCc1nc2cccnc2n1[C@H]1CCN(S(=O)(=O)c2cccc3cccnc23)C1. The molecule has 1 aliphatic rings. The van der Waals surface area contributed by atoms with E-state index in [9.17, 15) is 8.42 Å². The molecule has 1 saturated heterocycles. The summed E-state index contributed by atoms with van der Waals surface area (Å²) in [5, 5.41) is 0.823. The van der Waals surface area contributed by atoms with Gasteiger partial charge in [0.25, 0.3) is 0 Å². The quantitative estimate of drug-likeness (QED) is 0.492.